The summed E-state index contributed by atoms with van der Waals surface area (Å²) in [5, 5.41) is 13.0. The third-order valence-electron chi connectivity index (χ3n) is 7.77. The Morgan fingerprint density at radius 1 is 0.800 bits per heavy atom. The van der Waals surface area contributed by atoms with Crippen LogP contribution >= 0.6 is 23.2 Å². The number of rotatable bonds is 4. The van der Waals surface area contributed by atoms with Gasteiger partial charge in [0.2, 0.25) is 11.8 Å². The van der Waals surface area contributed by atoms with E-state index in [0.29, 0.717) is 41.9 Å². The number of anilines is 3. The van der Waals surface area contributed by atoms with E-state index in [0.717, 1.165) is 12.1 Å². The highest BCUT2D eigenvalue weighted by Crippen LogP contribution is 2.53. The number of piperazine rings is 1. The standard InChI is InChI=1S/C25H22Cl2N4O4/c26-18-5-3-16(12-19(18)27)28-7-9-29(10-8-28)20-6-4-17(13-21(20)31(34)35)30-24(32)22-14-1-2-15(11-14)23(22)25(30)33/h1-6,12-15,22-23H,7-11H2/t14-,15-,22-,23-/m0/s1. The number of fused-ring (bicyclic) bond motifs is 5. The number of benzene rings is 2. The molecule has 2 heterocycles. The van der Waals surface area contributed by atoms with E-state index in [2.05, 4.69) is 4.90 Å². The Morgan fingerprint density at radius 2 is 1.40 bits per heavy atom. The molecular formula is C25H22Cl2N4O4. The van der Waals surface area contributed by atoms with Gasteiger partial charge in [-0.05, 0) is 48.6 Å². The minimum absolute atomic E-state index is 0.0903. The number of halogens is 2. The molecule has 0 N–H and O–H groups in total. The molecule has 2 aliphatic heterocycles. The summed E-state index contributed by atoms with van der Waals surface area (Å²) in [5.74, 6) is -0.986. The Kier molecular flexibility index (Phi) is 5.27. The Bertz CT molecular complexity index is 1260. The van der Waals surface area contributed by atoms with Gasteiger partial charge in [-0.2, -0.15) is 0 Å². The number of carbonyl (C=O) groups excluding carboxylic acids is 2. The normalized spacial score (nSPS) is 27.2. The average Bonchev–Trinajstić information content (AvgIpc) is 3.54. The van der Waals surface area contributed by atoms with Crippen LogP contribution in [0.5, 0.6) is 0 Å². The van der Waals surface area contributed by atoms with Gasteiger partial charge >= 0.3 is 0 Å². The fourth-order valence-corrected chi connectivity index (χ4v) is 6.40. The van der Waals surface area contributed by atoms with E-state index in [1.165, 1.54) is 11.0 Å². The third-order valence-corrected chi connectivity index (χ3v) is 8.51. The molecule has 35 heavy (non-hydrogen) atoms. The van der Waals surface area contributed by atoms with Gasteiger partial charge in [-0.3, -0.25) is 19.7 Å². The largest absolute Gasteiger partial charge is 0.368 e. The number of hydrogen-bond donors (Lipinski definition) is 0. The highest BCUT2D eigenvalue weighted by atomic mass is 35.5. The first-order valence-corrected chi connectivity index (χ1v) is 12.4. The van der Waals surface area contributed by atoms with E-state index in [4.69, 9.17) is 23.2 Å². The molecule has 2 aromatic carbocycles. The molecule has 2 bridgehead atoms. The molecule has 0 spiro atoms. The van der Waals surface area contributed by atoms with Crippen molar-refractivity contribution in [3.8, 4) is 0 Å². The second-order valence-electron chi connectivity index (χ2n) is 9.51. The Balaban J connectivity index is 1.23. The fraction of sp³-hybridized carbons (Fsp3) is 0.360. The first kappa shape index (κ1) is 22.4. The van der Waals surface area contributed by atoms with Gasteiger partial charge in [-0.1, -0.05) is 35.4 Å². The molecule has 4 aliphatic rings. The van der Waals surface area contributed by atoms with Crippen LogP contribution in [-0.4, -0.2) is 42.9 Å². The van der Waals surface area contributed by atoms with E-state index in [-0.39, 0.29) is 46.9 Å². The molecule has 2 saturated heterocycles. The minimum atomic E-state index is -0.443. The van der Waals surface area contributed by atoms with Crippen LogP contribution in [0.25, 0.3) is 0 Å². The lowest BCUT2D eigenvalue weighted by molar-refractivity contribution is -0.384. The molecule has 0 unspecified atom stereocenters. The van der Waals surface area contributed by atoms with Crippen molar-refractivity contribution in [1.82, 2.24) is 0 Å². The molecule has 0 aromatic heterocycles. The number of hydrogen-bond acceptors (Lipinski definition) is 6. The molecule has 0 radical (unpaired) electrons. The number of carbonyl (C=O) groups is 2. The number of nitro groups is 1. The zero-order valence-electron chi connectivity index (χ0n) is 18.6. The predicted molar refractivity (Wildman–Crippen MR) is 134 cm³/mol. The Labute approximate surface area is 211 Å². The maximum Gasteiger partial charge on any atom is 0.294 e. The molecule has 2 aliphatic carbocycles. The third kappa shape index (κ3) is 3.50. The molecule has 180 valence electrons. The Morgan fingerprint density at radius 3 is 2.00 bits per heavy atom. The van der Waals surface area contributed by atoms with E-state index >= 15 is 0 Å². The molecule has 4 atom stereocenters. The summed E-state index contributed by atoms with van der Waals surface area (Å²) in [7, 11) is 0. The van der Waals surface area contributed by atoms with Gasteiger partial charge in [0.1, 0.15) is 5.69 Å². The molecular weight excluding hydrogens is 491 g/mol. The minimum Gasteiger partial charge on any atom is -0.368 e. The lowest BCUT2D eigenvalue weighted by Crippen LogP contribution is -2.46. The maximum absolute atomic E-state index is 13.1. The van der Waals surface area contributed by atoms with Crippen molar-refractivity contribution in [1.29, 1.82) is 0 Å². The highest BCUT2D eigenvalue weighted by Gasteiger charge is 2.59. The van der Waals surface area contributed by atoms with Crippen molar-refractivity contribution < 1.29 is 14.5 Å². The van der Waals surface area contributed by atoms with Crippen LogP contribution in [0.3, 0.4) is 0 Å². The molecule has 10 heteroatoms. The van der Waals surface area contributed by atoms with Crippen LogP contribution in [-0.2, 0) is 9.59 Å². The van der Waals surface area contributed by atoms with Crippen molar-refractivity contribution in [3.63, 3.8) is 0 Å². The maximum atomic E-state index is 13.1. The number of amides is 2. The SMILES string of the molecule is O=C1[C@@H]2[C@@H](C(=O)N1c1ccc(N3CCN(c4ccc(Cl)c(Cl)c4)CC3)c([N+](=O)[O-])c1)[C@H]1C=C[C@H]2C1. The molecule has 1 saturated carbocycles. The summed E-state index contributed by atoms with van der Waals surface area (Å²) in [6.07, 6.45) is 4.90. The highest BCUT2D eigenvalue weighted by molar-refractivity contribution is 6.42. The Hall–Kier alpha value is -3.10. The first-order chi connectivity index (χ1) is 16.8. The monoisotopic (exact) mass is 512 g/mol. The van der Waals surface area contributed by atoms with Crippen LogP contribution in [0.1, 0.15) is 6.42 Å². The van der Waals surface area contributed by atoms with Gasteiger partial charge in [0, 0.05) is 37.9 Å². The van der Waals surface area contributed by atoms with E-state index in [1.807, 2.05) is 29.2 Å². The van der Waals surface area contributed by atoms with E-state index in [9.17, 15) is 19.7 Å². The summed E-state index contributed by atoms with van der Waals surface area (Å²) in [6, 6.07) is 10.2. The topological polar surface area (TPSA) is 87.0 Å². The zero-order chi connectivity index (χ0) is 24.4. The van der Waals surface area contributed by atoms with Gasteiger partial charge in [-0.15, -0.1) is 0 Å². The molecule has 8 nitrogen and oxygen atoms in total. The summed E-state index contributed by atoms with van der Waals surface area (Å²) >= 11 is 12.2. The van der Waals surface area contributed by atoms with Crippen LogP contribution in [0.15, 0.2) is 48.6 Å². The van der Waals surface area contributed by atoms with Crippen molar-refractivity contribution in [3.05, 3.63) is 68.7 Å². The van der Waals surface area contributed by atoms with Gasteiger partial charge in [0.05, 0.1) is 32.5 Å². The smallest absolute Gasteiger partial charge is 0.294 e. The van der Waals surface area contributed by atoms with Gasteiger partial charge in [-0.25, -0.2) is 4.90 Å². The number of nitrogens with zero attached hydrogens (tertiary/aromatic N) is 4. The van der Waals surface area contributed by atoms with Crippen LogP contribution in [0, 0.1) is 33.8 Å². The lowest BCUT2D eigenvalue weighted by atomic mass is 9.85. The van der Waals surface area contributed by atoms with Crippen molar-refractivity contribution >= 4 is 57.8 Å². The second kappa shape index (κ2) is 8.24. The summed E-state index contributed by atoms with van der Waals surface area (Å²) < 4.78 is 0. The quantitative estimate of drug-likeness (QED) is 0.258. The second-order valence-corrected chi connectivity index (χ2v) is 10.3. The predicted octanol–water partition coefficient (Wildman–Crippen LogP) is 4.54. The summed E-state index contributed by atoms with van der Waals surface area (Å²) in [5.41, 5.74) is 1.60. The number of allylic oxidation sites excluding steroid dienone is 2. The first-order valence-electron chi connectivity index (χ1n) is 11.6. The van der Waals surface area contributed by atoms with Gasteiger partial charge in [0.25, 0.3) is 5.69 Å². The van der Waals surface area contributed by atoms with Crippen molar-refractivity contribution in [2.24, 2.45) is 23.7 Å². The van der Waals surface area contributed by atoms with Crippen molar-refractivity contribution in [2.75, 3.05) is 40.9 Å². The molecule has 6 rings (SSSR count). The molecule has 2 aromatic rings. The van der Waals surface area contributed by atoms with Crippen LogP contribution in [0.4, 0.5) is 22.7 Å². The number of nitro benzene ring substituents is 1. The molecule has 3 fully saturated rings. The lowest BCUT2D eigenvalue weighted by Gasteiger charge is -2.37. The van der Waals surface area contributed by atoms with E-state index < -0.39 is 4.92 Å². The number of imide groups is 1. The van der Waals surface area contributed by atoms with Crippen molar-refractivity contribution in [2.45, 2.75) is 6.42 Å². The average molecular weight is 513 g/mol. The summed E-state index contributed by atoms with van der Waals surface area (Å²) in [4.78, 5) is 43.1. The van der Waals surface area contributed by atoms with Crippen LogP contribution < -0.4 is 14.7 Å². The molecule has 2 amide bonds. The van der Waals surface area contributed by atoms with Gasteiger partial charge in [0.15, 0.2) is 0 Å². The fourth-order valence-electron chi connectivity index (χ4n) is 6.11. The summed E-state index contributed by atoms with van der Waals surface area (Å²) in [6.45, 7) is 2.45. The van der Waals surface area contributed by atoms with Crippen LogP contribution in [0.2, 0.25) is 10.0 Å². The zero-order valence-corrected chi connectivity index (χ0v) is 20.2. The van der Waals surface area contributed by atoms with E-state index in [1.54, 1.807) is 18.2 Å². The van der Waals surface area contributed by atoms with Gasteiger partial charge < -0.3 is 9.80 Å².